The summed E-state index contributed by atoms with van der Waals surface area (Å²) in [4.78, 5) is 9.47. The molecule has 21 heavy (non-hydrogen) atoms. The third-order valence-corrected chi connectivity index (χ3v) is 3.22. The molecule has 2 aromatic carbocycles. The molecule has 0 aliphatic carbocycles. The molecule has 0 radical (unpaired) electrons. The number of aryl methyl sites for hydroxylation is 1. The van der Waals surface area contributed by atoms with E-state index in [9.17, 15) is 18.5 Å². The molecule has 0 aliphatic rings. The van der Waals surface area contributed by atoms with Gasteiger partial charge in [-0.3, -0.25) is 14.7 Å². The summed E-state index contributed by atoms with van der Waals surface area (Å²) < 4.78 is 29.8. The first-order valence-electron chi connectivity index (χ1n) is 5.37. The van der Waals surface area contributed by atoms with E-state index < -0.39 is 15.0 Å². The Morgan fingerprint density at radius 2 is 1.67 bits per heavy atom. The SMILES string of the molecule is Cc1cc[c-]cc1S(=O)(=O)O.O=[N+]([O-])c1cc[c-]cc1.[W+2]. The Kier molecular flexibility index (Phi) is 8.02. The van der Waals surface area contributed by atoms with Crippen LogP contribution in [0.4, 0.5) is 5.69 Å². The van der Waals surface area contributed by atoms with Gasteiger partial charge in [0.1, 0.15) is 0 Å². The van der Waals surface area contributed by atoms with Crippen LogP contribution in [0.1, 0.15) is 5.56 Å². The third kappa shape index (κ3) is 6.62. The summed E-state index contributed by atoms with van der Waals surface area (Å²) in [6.07, 6.45) is 0. The van der Waals surface area contributed by atoms with Crippen LogP contribution < -0.4 is 0 Å². The normalized spacial score (nSPS) is 9.81. The predicted molar refractivity (Wildman–Crippen MR) is 71.8 cm³/mol. The summed E-state index contributed by atoms with van der Waals surface area (Å²) in [6.45, 7) is 1.61. The van der Waals surface area contributed by atoms with E-state index in [0.29, 0.717) is 5.56 Å². The van der Waals surface area contributed by atoms with Gasteiger partial charge in [-0.2, -0.15) is 42.5 Å². The number of benzene rings is 2. The Labute approximate surface area is 137 Å². The van der Waals surface area contributed by atoms with Crippen LogP contribution in [0, 0.1) is 29.2 Å². The number of nitrogens with zero attached hydrogens (tertiary/aromatic N) is 1. The summed E-state index contributed by atoms with van der Waals surface area (Å²) >= 11 is 0. The maximum Gasteiger partial charge on any atom is 2.00 e. The zero-order valence-corrected chi connectivity index (χ0v) is 14.6. The third-order valence-electron chi connectivity index (χ3n) is 2.22. The number of hydrogen-bond acceptors (Lipinski definition) is 4. The van der Waals surface area contributed by atoms with Crippen LogP contribution >= 0.6 is 0 Å². The zero-order chi connectivity index (χ0) is 15.2. The minimum Gasteiger partial charge on any atom is -0.291 e. The minimum atomic E-state index is -4.06. The molecule has 0 amide bonds. The Bertz CT molecular complexity index is 689. The van der Waals surface area contributed by atoms with E-state index >= 15 is 0 Å². The van der Waals surface area contributed by atoms with Crippen LogP contribution in [0.25, 0.3) is 0 Å². The van der Waals surface area contributed by atoms with Crippen molar-refractivity contribution in [2.45, 2.75) is 11.8 Å². The van der Waals surface area contributed by atoms with Crippen molar-refractivity contribution >= 4 is 15.8 Å². The molecule has 110 valence electrons. The molecular weight excluding hydrogens is 466 g/mol. The quantitative estimate of drug-likeness (QED) is 0.310. The smallest absolute Gasteiger partial charge is 0.291 e. The van der Waals surface area contributed by atoms with E-state index in [-0.39, 0.29) is 31.6 Å². The summed E-state index contributed by atoms with van der Waals surface area (Å²) in [5.41, 5.74) is 0.625. The first-order chi connectivity index (χ1) is 9.32. The molecule has 0 bridgehead atoms. The number of nitro groups is 1. The second-order valence-electron chi connectivity index (χ2n) is 3.68. The van der Waals surface area contributed by atoms with E-state index in [0.717, 1.165) is 0 Å². The molecule has 2 aromatic rings. The van der Waals surface area contributed by atoms with E-state index in [1.165, 1.54) is 30.3 Å². The predicted octanol–water partition coefficient (Wildman–Crippen LogP) is 2.43. The van der Waals surface area contributed by atoms with Gasteiger partial charge in [0.05, 0.1) is 0 Å². The van der Waals surface area contributed by atoms with Gasteiger partial charge < -0.3 is 0 Å². The Morgan fingerprint density at radius 3 is 2.00 bits per heavy atom. The van der Waals surface area contributed by atoms with Gasteiger partial charge in [0.25, 0.3) is 0 Å². The van der Waals surface area contributed by atoms with Gasteiger partial charge in [0.2, 0.25) is 10.1 Å². The summed E-state index contributed by atoms with van der Waals surface area (Å²) in [5, 5.41) is 9.99. The number of rotatable bonds is 2. The van der Waals surface area contributed by atoms with Crippen LogP contribution in [0.2, 0.25) is 0 Å². The zero-order valence-electron chi connectivity index (χ0n) is 10.9. The van der Waals surface area contributed by atoms with Crippen molar-refractivity contribution in [2.24, 2.45) is 0 Å². The van der Waals surface area contributed by atoms with Crippen molar-refractivity contribution in [3.05, 3.63) is 70.3 Å². The van der Waals surface area contributed by atoms with Crippen molar-refractivity contribution < 1.29 is 39.0 Å². The molecule has 2 rings (SSSR count). The summed E-state index contributed by atoms with van der Waals surface area (Å²) in [7, 11) is -4.06. The van der Waals surface area contributed by atoms with Gasteiger partial charge in [-0.25, -0.2) is 8.42 Å². The molecule has 0 fully saturated rings. The molecule has 0 atom stereocenters. The van der Waals surface area contributed by atoms with E-state index in [1.807, 2.05) is 0 Å². The molecular formula is C13H11NO5SW. The number of hydrogen-bond donors (Lipinski definition) is 1. The van der Waals surface area contributed by atoms with Gasteiger partial charge in [-0.15, -0.1) is 5.56 Å². The van der Waals surface area contributed by atoms with Crippen LogP contribution in [-0.4, -0.2) is 17.9 Å². The molecule has 1 N–H and O–H groups in total. The Balaban J connectivity index is 0.000000370. The molecule has 0 unspecified atom stereocenters. The van der Waals surface area contributed by atoms with Crippen LogP contribution in [-0.2, 0) is 31.2 Å². The molecule has 0 saturated carbocycles. The molecule has 0 aliphatic heterocycles. The van der Waals surface area contributed by atoms with Gasteiger partial charge in [0, 0.05) is 4.92 Å². The maximum atomic E-state index is 10.6. The fourth-order valence-electron chi connectivity index (χ4n) is 1.27. The minimum absolute atomic E-state index is 0. The van der Waals surface area contributed by atoms with Crippen molar-refractivity contribution in [2.75, 3.05) is 0 Å². The monoisotopic (exact) mass is 477 g/mol. The van der Waals surface area contributed by atoms with E-state index in [4.69, 9.17) is 4.55 Å². The Hall–Kier alpha value is -1.56. The van der Waals surface area contributed by atoms with Crippen molar-refractivity contribution in [1.82, 2.24) is 0 Å². The molecule has 0 saturated heterocycles. The van der Waals surface area contributed by atoms with Gasteiger partial charge in [0.15, 0.2) is 5.69 Å². The van der Waals surface area contributed by atoms with E-state index in [2.05, 4.69) is 12.1 Å². The standard InChI is InChI=1S/C7H7O3S.C6H4NO2.W/c1-6-4-2-3-5-7(6)11(8,9)10;8-7(9)6-4-2-1-3-5-6;/h2,4-5H,1H3,(H,8,9,10);2-5H;/q2*-1;+2. The molecule has 8 heteroatoms. The molecule has 0 heterocycles. The second-order valence-corrected chi connectivity index (χ2v) is 5.07. The van der Waals surface area contributed by atoms with Crippen LogP contribution in [0.3, 0.4) is 0 Å². The fraction of sp³-hybridized carbons (Fsp3) is 0.0769. The van der Waals surface area contributed by atoms with Crippen molar-refractivity contribution in [1.29, 1.82) is 0 Å². The summed E-state index contributed by atoms with van der Waals surface area (Å²) in [5.74, 6) is 0. The van der Waals surface area contributed by atoms with E-state index in [1.54, 1.807) is 19.1 Å². The topological polar surface area (TPSA) is 97.5 Å². The average Bonchev–Trinajstić information content (AvgIpc) is 2.39. The Morgan fingerprint density at radius 1 is 1.14 bits per heavy atom. The van der Waals surface area contributed by atoms with Gasteiger partial charge >= 0.3 is 21.1 Å². The molecule has 6 nitrogen and oxygen atoms in total. The van der Waals surface area contributed by atoms with Gasteiger partial charge in [-0.05, 0) is 4.90 Å². The maximum absolute atomic E-state index is 10.6. The summed E-state index contributed by atoms with van der Waals surface area (Å²) in [6, 6.07) is 15.5. The average molecular weight is 477 g/mol. The first-order valence-corrected chi connectivity index (χ1v) is 6.81. The van der Waals surface area contributed by atoms with Crippen molar-refractivity contribution in [3.8, 4) is 0 Å². The number of non-ortho nitro benzene ring substituents is 1. The van der Waals surface area contributed by atoms with Crippen LogP contribution in [0.15, 0.2) is 47.4 Å². The number of nitro benzene ring substituents is 1. The van der Waals surface area contributed by atoms with Crippen LogP contribution in [0.5, 0.6) is 0 Å². The fourth-order valence-corrected chi connectivity index (χ4v) is 1.96. The second kappa shape index (κ2) is 8.66. The molecule has 0 aromatic heterocycles. The largest absolute Gasteiger partial charge is 2.00 e. The molecule has 0 spiro atoms. The van der Waals surface area contributed by atoms with Crippen molar-refractivity contribution in [3.63, 3.8) is 0 Å². The van der Waals surface area contributed by atoms with Gasteiger partial charge in [-0.1, -0.05) is 19.1 Å². The first kappa shape index (κ1) is 19.4.